The van der Waals surface area contributed by atoms with Gasteiger partial charge in [-0.25, -0.2) is 4.99 Å². The summed E-state index contributed by atoms with van der Waals surface area (Å²) in [5, 5.41) is 5.49. The van der Waals surface area contributed by atoms with Gasteiger partial charge in [0.25, 0.3) is 5.91 Å². The van der Waals surface area contributed by atoms with Crippen molar-refractivity contribution in [1.29, 1.82) is 0 Å². The highest BCUT2D eigenvalue weighted by molar-refractivity contribution is 5.99. The summed E-state index contributed by atoms with van der Waals surface area (Å²) < 4.78 is 38.6. The fraction of sp³-hybridized carbons (Fsp3) is 0.190. The summed E-state index contributed by atoms with van der Waals surface area (Å²) in [4.78, 5) is 27.7. The first-order valence-corrected chi connectivity index (χ1v) is 8.67. The second kappa shape index (κ2) is 9.68. The monoisotopic (exact) mass is 403 g/mol. The number of rotatable bonds is 6. The molecule has 0 aliphatic carbocycles. The molecule has 2 aromatic carbocycles. The number of carbonyl (C=O) groups is 2. The van der Waals surface area contributed by atoms with Crippen LogP contribution in [0, 0.1) is 0 Å². The highest BCUT2D eigenvalue weighted by atomic mass is 19.4. The van der Waals surface area contributed by atoms with Crippen LogP contribution in [0.4, 0.5) is 13.2 Å². The predicted octanol–water partition coefficient (Wildman–Crippen LogP) is 3.63. The van der Waals surface area contributed by atoms with Gasteiger partial charge < -0.3 is 10.6 Å². The lowest BCUT2D eigenvalue weighted by Gasteiger charge is -2.20. The Morgan fingerprint density at radius 3 is 2.14 bits per heavy atom. The number of nitrogens with zero attached hydrogens (tertiary/aromatic N) is 1. The average molecular weight is 403 g/mol. The maximum Gasteiger partial charge on any atom is 0.416 e. The van der Waals surface area contributed by atoms with Crippen molar-refractivity contribution < 1.29 is 22.8 Å². The number of hydrogen-bond donors (Lipinski definition) is 2. The maximum absolute atomic E-state index is 12.9. The average Bonchev–Trinajstić information content (AvgIpc) is 2.71. The van der Waals surface area contributed by atoms with E-state index in [9.17, 15) is 22.8 Å². The molecular formula is C21H20F3N3O2. The van der Waals surface area contributed by atoms with Gasteiger partial charge in [0.05, 0.1) is 17.4 Å². The molecule has 0 saturated carbocycles. The van der Waals surface area contributed by atoms with Crippen LogP contribution in [-0.4, -0.2) is 25.1 Å². The number of nitrogens with one attached hydrogen (secondary N) is 2. The van der Waals surface area contributed by atoms with Crippen LogP contribution >= 0.6 is 0 Å². The van der Waals surface area contributed by atoms with E-state index in [0.29, 0.717) is 23.2 Å². The van der Waals surface area contributed by atoms with E-state index in [1.54, 1.807) is 44.3 Å². The van der Waals surface area contributed by atoms with Crippen LogP contribution in [-0.2, 0) is 15.8 Å². The van der Waals surface area contributed by atoms with Crippen LogP contribution in [0.5, 0.6) is 0 Å². The Kier molecular flexibility index (Phi) is 7.30. The van der Waals surface area contributed by atoms with Crippen molar-refractivity contribution in [1.82, 2.24) is 10.6 Å². The van der Waals surface area contributed by atoms with E-state index >= 15 is 0 Å². The normalized spacial score (nSPS) is 13.6. The van der Waals surface area contributed by atoms with Gasteiger partial charge in [0.2, 0.25) is 0 Å². The third-order valence-corrected chi connectivity index (χ3v) is 4.09. The van der Waals surface area contributed by atoms with Crippen molar-refractivity contribution in [3.63, 3.8) is 0 Å². The summed E-state index contributed by atoms with van der Waals surface area (Å²) in [6.45, 7) is 1.62. The molecule has 0 aliphatic heterocycles. The number of alkyl halides is 3. The minimum atomic E-state index is -4.46. The minimum absolute atomic E-state index is 0.125. The topological polar surface area (TPSA) is 70.6 Å². The van der Waals surface area contributed by atoms with Gasteiger partial charge in [-0.2, -0.15) is 13.2 Å². The molecular weight excluding hydrogens is 383 g/mol. The van der Waals surface area contributed by atoms with Crippen molar-refractivity contribution in [2.75, 3.05) is 7.05 Å². The Balaban J connectivity index is 2.41. The summed E-state index contributed by atoms with van der Waals surface area (Å²) in [5.74, 6) is -0.223. The molecule has 2 N–H and O–H groups in total. The summed E-state index contributed by atoms with van der Waals surface area (Å²) in [6.07, 6.45) is -2.99. The molecule has 29 heavy (non-hydrogen) atoms. The zero-order valence-electron chi connectivity index (χ0n) is 15.8. The van der Waals surface area contributed by atoms with E-state index < -0.39 is 23.7 Å². The molecule has 0 bridgehead atoms. The summed E-state index contributed by atoms with van der Waals surface area (Å²) >= 11 is 0. The van der Waals surface area contributed by atoms with Gasteiger partial charge in [-0.15, -0.1) is 0 Å². The third-order valence-electron chi connectivity index (χ3n) is 4.09. The van der Waals surface area contributed by atoms with Crippen molar-refractivity contribution in [2.45, 2.75) is 19.1 Å². The Hall–Kier alpha value is -3.42. The molecule has 0 saturated heterocycles. The fourth-order valence-electron chi connectivity index (χ4n) is 2.54. The fourth-order valence-corrected chi connectivity index (χ4v) is 2.54. The highest BCUT2D eigenvalue weighted by Crippen LogP contribution is 2.31. The zero-order chi connectivity index (χ0) is 21.4. The molecule has 0 aliphatic rings. The van der Waals surface area contributed by atoms with Gasteiger partial charge >= 0.3 is 6.18 Å². The van der Waals surface area contributed by atoms with Crippen LogP contribution in [0.3, 0.4) is 0 Å². The molecule has 8 heteroatoms. The molecule has 0 heterocycles. The first-order valence-electron chi connectivity index (χ1n) is 8.67. The SMILES string of the molecule is CN/C(C)=N\C(=C/C=O)C(=O)NC(c1ccccc1)c1ccc(C(F)(F)F)cc1. The molecule has 0 radical (unpaired) electrons. The van der Waals surface area contributed by atoms with Crippen LogP contribution in [0.25, 0.3) is 0 Å². The summed E-state index contributed by atoms with van der Waals surface area (Å²) in [7, 11) is 1.62. The second-order valence-corrected chi connectivity index (χ2v) is 6.07. The third kappa shape index (κ3) is 6.03. The Bertz CT molecular complexity index is 905. The Morgan fingerprint density at radius 2 is 1.62 bits per heavy atom. The molecule has 152 valence electrons. The van der Waals surface area contributed by atoms with E-state index in [0.717, 1.165) is 18.2 Å². The van der Waals surface area contributed by atoms with Gasteiger partial charge in [0.15, 0.2) is 0 Å². The van der Waals surface area contributed by atoms with E-state index in [2.05, 4.69) is 15.6 Å². The number of aliphatic imine (C=N–C) groups is 1. The highest BCUT2D eigenvalue weighted by Gasteiger charge is 2.30. The minimum Gasteiger partial charge on any atom is -0.377 e. The van der Waals surface area contributed by atoms with E-state index in [-0.39, 0.29) is 5.70 Å². The number of allylic oxidation sites excluding steroid dienone is 1. The maximum atomic E-state index is 12.9. The summed E-state index contributed by atoms with van der Waals surface area (Å²) in [6, 6.07) is 12.6. The molecule has 1 unspecified atom stereocenters. The molecule has 0 fully saturated rings. The number of hydrogen-bond acceptors (Lipinski definition) is 3. The van der Waals surface area contributed by atoms with Crippen molar-refractivity contribution in [2.24, 2.45) is 4.99 Å². The van der Waals surface area contributed by atoms with Gasteiger partial charge in [-0.3, -0.25) is 9.59 Å². The molecule has 0 aromatic heterocycles. The molecule has 2 aromatic rings. The first kappa shape index (κ1) is 21.9. The largest absolute Gasteiger partial charge is 0.416 e. The lowest BCUT2D eigenvalue weighted by atomic mass is 9.97. The van der Waals surface area contributed by atoms with Crippen molar-refractivity contribution in [3.8, 4) is 0 Å². The van der Waals surface area contributed by atoms with Crippen molar-refractivity contribution in [3.05, 3.63) is 83.1 Å². The molecule has 1 amide bonds. The zero-order valence-corrected chi connectivity index (χ0v) is 15.8. The second-order valence-electron chi connectivity index (χ2n) is 6.07. The first-order chi connectivity index (χ1) is 13.8. The standard InChI is InChI=1S/C21H20F3N3O2/c1-14(25-2)26-18(12-13-28)20(29)27-19(15-6-4-3-5-7-15)16-8-10-17(11-9-16)21(22,23)24/h3-13,19H,1-2H3,(H,25,26)(H,27,29)/b18-12-. The van der Waals surface area contributed by atoms with E-state index in [1.807, 2.05) is 0 Å². The number of amidine groups is 1. The van der Waals surface area contributed by atoms with Crippen LogP contribution in [0.2, 0.25) is 0 Å². The molecule has 1 atom stereocenters. The van der Waals surface area contributed by atoms with E-state index in [1.165, 1.54) is 12.1 Å². The quantitative estimate of drug-likeness (QED) is 0.335. The number of amides is 1. The smallest absolute Gasteiger partial charge is 0.377 e. The van der Waals surface area contributed by atoms with Gasteiger partial charge in [0.1, 0.15) is 12.0 Å². The van der Waals surface area contributed by atoms with Crippen molar-refractivity contribution >= 4 is 18.0 Å². The van der Waals surface area contributed by atoms with Gasteiger partial charge in [0, 0.05) is 13.1 Å². The van der Waals surface area contributed by atoms with Crippen LogP contribution < -0.4 is 10.6 Å². The number of aldehydes is 1. The van der Waals surface area contributed by atoms with Gasteiger partial charge in [-0.05, 0) is 30.2 Å². The molecule has 0 spiro atoms. The number of halogens is 3. The number of carbonyl (C=O) groups excluding carboxylic acids is 2. The van der Waals surface area contributed by atoms with Crippen LogP contribution in [0.1, 0.15) is 29.7 Å². The van der Waals surface area contributed by atoms with Crippen LogP contribution in [0.15, 0.2) is 71.4 Å². The Labute approximate surface area is 166 Å². The summed E-state index contributed by atoms with van der Waals surface area (Å²) in [5.41, 5.74) is 0.215. The Morgan fingerprint density at radius 1 is 1.03 bits per heavy atom. The molecule has 5 nitrogen and oxygen atoms in total. The lowest BCUT2D eigenvalue weighted by molar-refractivity contribution is -0.137. The number of benzene rings is 2. The van der Waals surface area contributed by atoms with Gasteiger partial charge in [-0.1, -0.05) is 42.5 Å². The van der Waals surface area contributed by atoms with E-state index in [4.69, 9.17) is 0 Å². The molecule has 2 rings (SSSR count). The lowest BCUT2D eigenvalue weighted by Crippen LogP contribution is -2.31. The predicted molar refractivity (Wildman–Crippen MR) is 104 cm³/mol.